The SMILES string of the molecule is O=[N+]1C[CH-]S(=O)(=O)N1.[Cs+]. The summed E-state index contributed by atoms with van der Waals surface area (Å²) in [5, 5.41) is 0. The number of hydrogen-bond acceptors (Lipinski definition) is 3. The first-order chi connectivity index (χ1) is 3.60. The van der Waals surface area contributed by atoms with Gasteiger partial charge in [-0.1, -0.05) is 4.83 Å². The van der Waals surface area contributed by atoms with E-state index in [0.717, 1.165) is 5.75 Å². The quantitative estimate of drug-likeness (QED) is 0.358. The van der Waals surface area contributed by atoms with Crippen molar-refractivity contribution in [2.24, 2.45) is 0 Å². The standard InChI is InChI=1S/C2H4N2O3S.Cs/c5-4-1-2-8(6,7)3-4;/h2H,1H2,(H,3,5);/q;+1. The van der Waals surface area contributed by atoms with Crippen LogP contribution in [-0.2, 0) is 10.0 Å². The third-order valence-corrected chi connectivity index (χ3v) is 1.73. The molecule has 1 rings (SSSR count). The van der Waals surface area contributed by atoms with Gasteiger partial charge >= 0.3 is 68.9 Å². The largest absolute Gasteiger partial charge is 1.00 e. The molecule has 0 saturated carbocycles. The fraction of sp³-hybridized carbons (Fsp3) is 0.500. The summed E-state index contributed by atoms with van der Waals surface area (Å²) in [6, 6.07) is 0. The van der Waals surface area contributed by atoms with E-state index in [-0.39, 0.29) is 80.3 Å². The van der Waals surface area contributed by atoms with Gasteiger partial charge in [0.25, 0.3) is 0 Å². The van der Waals surface area contributed by atoms with Crippen molar-refractivity contribution >= 4 is 10.0 Å². The maximum atomic E-state index is 10.2. The van der Waals surface area contributed by atoms with E-state index in [4.69, 9.17) is 0 Å². The first kappa shape index (κ1) is 10.4. The summed E-state index contributed by atoms with van der Waals surface area (Å²) in [7, 11) is -3.36. The van der Waals surface area contributed by atoms with E-state index in [2.05, 4.69) is 0 Å². The fourth-order valence-electron chi connectivity index (χ4n) is 0.382. The molecule has 1 aliphatic heterocycles. The minimum Gasteiger partial charge on any atom is -0.236 e. The van der Waals surface area contributed by atoms with Gasteiger partial charge in [-0.3, -0.25) is 0 Å². The van der Waals surface area contributed by atoms with Gasteiger partial charge in [-0.25, -0.2) is 8.42 Å². The normalized spacial score (nSPS) is 22.4. The van der Waals surface area contributed by atoms with Crippen LogP contribution in [0.5, 0.6) is 0 Å². The summed E-state index contributed by atoms with van der Waals surface area (Å²) in [6.07, 6.45) is 0. The Bertz CT molecular complexity index is 210. The van der Waals surface area contributed by atoms with Gasteiger partial charge in [-0.2, -0.15) is 0 Å². The van der Waals surface area contributed by atoms with Crippen molar-refractivity contribution in [2.45, 2.75) is 0 Å². The molecule has 1 saturated heterocycles. The second kappa shape index (κ2) is 3.70. The van der Waals surface area contributed by atoms with Crippen molar-refractivity contribution in [1.29, 1.82) is 0 Å². The number of hydrazine groups is 1. The molecule has 46 valence electrons. The van der Waals surface area contributed by atoms with E-state index >= 15 is 0 Å². The van der Waals surface area contributed by atoms with Crippen LogP contribution in [0.4, 0.5) is 0 Å². The molecule has 0 aliphatic carbocycles. The molecule has 0 bridgehead atoms. The number of rotatable bonds is 0. The van der Waals surface area contributed by atoms with E-state index in [0.29, 0.717) is 0 Å². The summed E-state index contributed by atoms with van der Waals surface area (Å²) in [4.78, 5) is 12.0. The summed E-state index contributed by atoms with van der Waals surface area (Å²) >= 11 is 0. The van der Waals surface area contributed by atoms with Gasteiger partial charge in [0.1, 0.15) is 6.54 Å². The molecular formula is C2H4CsN2O3S+. The van der Waals surface area contributed by atoms with Crippen molar-refractivity contribution in [1.82, 2.24) is 4.83 Å². The molecule has 0 aromatic heterocycles. The number of nitroso groups, excluding NO2 is 1. The van der Waals surface area contributed by atoms with Gasteiger partial charge in [0.15, 0.2) is 10.0 Å². The van der Waals surface area contributed by atoms with E-state index in [9.17, 15) is 13.3 Å². The molecule has 0 amide bonds. The Morgan fingerprint density at radius 2 is 2.11 bits per heavy atom. The first-order valence-electron chi connectivity index (χ1n) is 1.90. The van der Waals surface area contributed by atoms with Gasteiger partial charge in [-0.15, -0.1) is 5.75 Å². The van der Waals surface area contributed by atoms with E-state index in [1.165, 1.54) is 0 Å². The Labute approximate surface area is 112 Å². The monoisotopic (exact) mass is 269 g/mol. The molecule has 9 heavy (non-hydrogen) atoms. The average molecular weight is 269 g/mol. The van der Waals surface area contributed by atoms with Gasteiger partial charge in [0.05, 0.1) is 4.87 Å². The topological polar surface area (TPSA) is 66.2 Å². The number of nitrogens with zero attached hydrogens (tertiary/aromatic N) is 1. The molecule has 0 spiro atoms. The van der Waals surface area contributed by atoms with Crippen molar-refractivity contribution in [3.8, 4) is 0 Å². The number of nitrogens with one attached hydrogen (secondary N) is 1. The fourth-order valence-corrected chi connectivity index (χ4v) is 1.15. The van der Waals surface area contributed by atoms with Crippen LogP contribution in [0.25, 0.3) is 0 Å². The van der Waals surface area contributed by atoms with E-state index in [1.807, 2.05) is 0 Å². The number of hydrogen-bond donors (Lipinski definition) is 1. The molecule has 1 aliphatic rings. The molecule has 0 radical (unpaired) electrons. The predicted octanol–water partition coefficient (Wildman–Crippen LogP) is -4.22. The summed E-state index contributed by atoms with van der Waals surface area (Å²) in [5.41, 5.74) is 0. The minimum atomic E-state index is -3.36. The van der Waals surface area contributed by atoms with Crippen molar-refractivity contribution < 1.29 is 82.2 Å². The zero-order chi connectivity index (χ0) is 6.20. The van der Waals surface area contributed by atoms with Crippen LogP contribution in [0.1, 0.15) is 0 Å². The van der Waals surface area contributed by atoms with Gasteiger partial charge in [0.2, 0.25) is 0 Å². The van der Waals surface area contributed by atoms with Crippen LogP contribution >= 0.6 is 0 Å². The molecule has 0 aromatic rings. The van der Waals surface area contributed by atoms with Gasteiger partial charge in [0, 0.05) is 4.91 Å². The molecule has 1 fully saturated rings. The zero-order valence-corrected chi connectivity index (χ0v) is 12.0. The third-order valence-electron chi connectivity index (χ3n) is 0.689. The van der Waals surface area contributed by atoms with Gasteiger partial charge in [-0.05, 0) is 0 Å². The number of sulfonamides is 1. The Kier molecular flexibility index (Phi) is 4.27. The van der Waals surface area contributed by atoms with E-state index < -0.39 is 10.0 Å². The molecular weight excluding hydrogens is 265 g/mol. The maximum Gasteiger partial charge on any atom is 1.00 e. The summed E-state index contributed by atoms with van der Waals surface area (Å²) < 4.78 is 20.5. The Morgan fingerprint density at radius 1 is 1.56 bits per heavy atom. The van der Waals surface area contributed by atoms with Crippen LogP contribution in [-0.4, -0.2) is 19.8 Å². The maximum absolute atomic E-state index is 10.2. The summed E-state index contributed by atoms with van der Waals surface area (Å²) in [5.74, 6) is 0.917. The zero-order valence-electron chi connectivity index (χ0n) is 4.86. The second-order valence-corrected chi connectivity index (χ2v) is 2.97. The third kappa shape index (κ3) is 3.35. The predicted molar refractivity (Wildman–Crippen MR) is 24.8 cm³/mol. The molecule has 7 heteroatoms. The Hall–Kier alpha value is 1.40. The van der Waals surface area contributed by atoms with Crippen LogP contribution in [0.3, 0.4) is 0 Å². The smallest absolute Gasteiger partial charge is 0.236 e. The van der Waals surface area contributed by atoms with Gasteiger partial charge < -0.3 is 0 Å². The summed E-state index contributed by atoms with van der Waals surface area (Å²) in [6.45, 7) is -0.0949. The molecule has 1 heterocycles. The van der Waals surface area contributed by atoms with Crippen LogP contribution in [0, 0.1) is 10.7 Å². The van der Waals surface area contributed by atoms with Crippen molar-refractivity contribution in [3.05, 3.63) is 10.7 Å². The molecule has 5 nitrogen and oxygen atoms in total. The average Bonchev–Trinajstić information content (AvgIpc) is 1.82. The minimum absolute atomic E-state index is 0. The molecule has 1 N–H and O–H groups in total. The molecule has 0 unspecified atom stereocenters. The molecule has 0 aromatic carbocycles. The second-order valence-electron chi connectivity index (χ2n) is 1.36. The first-order valence-corrected chi connectivity index (χ1v) is 3.45. The van der Waals surface area contributed by atoms with Crippen molar-refractivity contribution in [3.63, 3.8) is 0 Å². The molecule has 0 atom stereocenters. The van der Waals surface area contributed by atoms with E-state index in [1.54, 1.807) is 4.83 Å². The van der Waals surface area contributed by atoms with Crippen LogP contribution in [0.2, 0.25) is 0 Å². The van der Waals surface area contributed by atoms with Crippen LogP contribution < -0.4 is 73.7 Å². The Balaban J connectivity index is 0.000000640. The van der Waals surface area contributed by atoms with Crippen molar-refractivity contribution in [2.75, 3.05) is 6.54 Å². The Morgan fingerprint density at radius 3 is 2.22 bits per heavy atom. The van der Waals surface area contributed by atoms with Crippen LogP contribution in [0.15, 0.2) is 0 Å².